The van der Waals surface area contributed by atoms with Crippen molar-refractivity contribution in [3.8, 4) is 5.75 Å². The molecule has 0 saturated carbocycles. The summed E-state index contributed by atoms with van der Waals surface area (Å²) >= 11 is 6.19. The van der Waals surface area contributed by atoms with Crippen LogP contribution in [-0.2, 0) is 26.2 Å². The van der Waals surface area contributed by atoms with Gasteiger partial charge in [0.05, 0.1) is 24.1 Å². The number of anilines is 1. The average molecular weight is 510 g/mol. The van der Waals surface area contributed by atoms with Crippen molar-refractivity contribution in [3.63, 3.8) is 0 Å². The number of aryl methyl sites for hydroxylation is 1. The second-order valence-corrected chi connectivity index (χ2v) is 10.4. The van der Waals surface area contributed by atoms with Crippen LogP contribution in [0, 0.1) is 6.92 Å². The van der Waals surface area contributed by atoms with E-state index < -0.39 is 28.5 Å². The van der Waals surface area contributed by atoms with Gasteiger partial charge in [-0.05, 0) is 44.0 Å². The Kier molecular flexibility index (Phi) is 9.76. The first-order valence-corrected chi connectivity index (χ1v) is 13.1. The fourth-order valence-electron chi connectivity index (χ4n) is 3.41. The Bertz CT molecular complexity index is 1120. The summed E-state index contributed by atoms with van der Waals surface area (Å²) in [5, 5.41) is 3.02. The molecule has 10 heteroatoms. The smallest absolute Gasteiger partial charge is 0.244 e. The molecule has 0 aliphatic heterocycles. The molecule has 0 radical (unpaired) electrons. The molecule has 0 aliphatic carbocycles. The highest BCUT2D eigenvalue weighted by Gasteiger charge is 2.30. The van der Waals surface area contributed by atoms with Crippen molar-refractivity contribution >= 4 is 39.1 Å². The van der Waals surface area contributed by atoms with Crippen molar-refractivity contribution in [2.45, 2.75) is 39.8 Å². The van der Waals surface area contributed by atoms with E-state index in [9.17, 15) is 18.0 Å². The van der Waals surface area contributed by atoms with Crippen molar-refractivity contribution < 1.29 is 22.7 Å². The molecule has 8 nitrogen and oxygen atoms in total. The Morgan fingerprint density at radius 3 is 2.44 bits per heavy atom. The van der Waals surface area contributed by atoms with Crippen molar-refractivity contribution in [1.29, 1.82) is 0 Å². The van der Waals surface area contributed by atoms with Crippen molar-refractivity contribution in [3.05, 3.63) is 58.6 Å². The van der Waals surface area contributed by atoms with Gasteiger partial charge in [0, 0.05) is 13.1 Å². The molecule has 1 N–H and O–H groups in total. The summed E-state index contributed by atoms with van der Waals surface area (Å²) in [6.07, 6.45) is 1.77. The molecular formula is C24H32ClN3O5S. The maximum Gasteiger partial charge on any atom is 0.244 e. The van der Waals surface area contributed by atoms with Crippen LogP contribution in [0.3, 0.4) is 0 Å². The van der Waals surface area contributed by atoms with E-state index in [1.807, 2.05) is 38.1 Å². The van der Waals surface area contributed by atoms with Gasteiger partial charge < -0.3 is 15.0 Å². The maximum atomic E-state index is 13.5. The molecule has 0 saturated heterocycles. The summed E-state index contributed by atoms with van der Waals surface area (Å²) < 4.78 is 31.3. The highest BCUT2D eigenvalue weighted by molar-refractivity contribution is 7.92. The van der Waals surface area contributed by atoms with E-state index in [2.05, 4.69) is 5.32 Å². The number of rotatable bonds is 11. The van der Waals surface area contributed by atoms with Gasteiger partial charge in [0.2, 0.25) is 21.8 Å². The quantitative estimate of drug-likeness (QED) is 0.501. The molecule has 0 aromatic heterocycles. The molecule has 0 bridgehead atoms. The molecule has 0 spiro atoms. The normalized spacial score (nSPS) is 12.1. The van der Waals surface area contributed by atoms with Gasteiger partial charge >= 0.3 is 0 Å². The van der Waals surface area contributed by atoms with Crippen LogP contribution in [0.2, 0.25) is 5.02 Å². The molecule has 2 rings (SSSR count). The minimum absolute atomic E-state index is 0.155. The monoisotopic (exact) mass is 509 g/mol. The number of carbonyl (C=O) groups is 2. The van der Waals surface area contributed by atoms with Crippen LogP contribution in [-0.4, -0.2) is 57.6 Å². The second kappa shape index (κ2) is 12.1. The van der Waals surface area contributed by atoms with E-state index >= 15 is 0 Å². The number of carbonyl (C=O) groups excluding carboxylic acids is 2. The third kappa shape index (κ3) is 7.36. The Labute approximate surface area is 206 Å². The summed E-state index contributed by atoms with van der Waals surface area (Å²) in [4.78, 5) is 27.6. The van der Waals surface area contributed by atoms with E-state index in [0.717, 1.165) is 28.1 Å². The molecular weight excluding hydrogens is 478 g/mol. The first-order valence-electron chi connectivity index (χ1n) is 10.9. The van der Waals surface area contributed by atoms with Crippen LogP contribution in [0.15, 0.2) is 42.5 Å². The van der Waals surface area contributed by atoms with E-state index in [4.69, 9.17) is 16.3 Å². The van der Waals surface area contributed by atoms with Gasteiger partial charge in [0.1, 0.15) is 18.3 Å². The Balaban J connectivity index is 2.40. The Morgan fingerprint density at radius 1 is 1.18 bits per heavy atom. The minimum atomic E-state index is -3.84. The number of sulfonamides is 1. The van der Waals surface area contributed by atoms with E-state index in [1.54, 1.807) is 6.92 Å². The largest absolute Gasteiger partial charge is 0.495 e. The lowest BCUT2D eigenvalue weighted by molar-refractivity contribution is -0.139. The number of methoxy groups -OCH3 is 1. The first-order chi connectivity index (χ1) is 16.0. The molecule has 34 heavy (non-hydrogen) atoms. The molecule has 2 aromatic carbocycles. The fourth-order valence-corrected chi connectivity index (χ4v) is 4.50. The third-order valence-corrected chi connectivity index (χ3v) is 6.69. The summed E-state index contributed by atoms with van der Waals surface area (Å²) in [6, 6.07) is 11.3. The van der Waals surface area contributed by atoms with Crippen LogP contribution in [0.5, 0.6) is 5.75 Å². The standard InChI is InChI=1S/C24H32ClN3O5S/c1-6-12-26-24(30)18(3)27(15-19-9-7-8-17(2)13-19)23(29)16-28(34(5,31)32)20-10-11-22(33-4)21(25)14-20/h7-11,13-14,18H,6,12,15-16H2,1-5H3,(H,26,30)/t18-/m0/s1. The summed E-state index contributed by atoms with van der Waals surface area (Å²) in [5.74, 6) is -0.438. The molecule has 186 valence electrons. The van der Waals surface area contributed by atoms with Crippen molar-refractivity contribution in [2.24, 2.45) is 0 Å². The molecule has 2 aromatic rings. The number of hydrogen-bond donors (Lipinski definition) is 1. The molecule has 1 atom stereocenters. The zero-order valence-electron chi connectivity index (χ0n) is 20.2. The highest BCUT2D eigenvalue weighted by atomic mass is 35.5. The Morgan fingerprint density at radius 2 is 1.88 bits per heavy atom. The first kappa shape index (κ1) is 27.5. The predicted octanol–water partition coefficient (Wildman–Crippen LogP) is 3.37. The lowest BCUT2D eigenvalue weighted by atomic mass is 10.1. The fraction of sp³-hybridized carbons (Fsp3) is 0.417. The van der Waals surface area contributed by atoms with Gasteiger partial charge in [-0.1, -0.05) is 48.4 Å². The predicted molar refractivity (Wildman–Crippen MR) is 135 cm³/mol. The number of nitrogens with zero attached hydrogens (tertiary/aromatic N) is 2. The summed E-state index contributed by atoms with van der Waals surface area (Å²) in [6.45, 7) is 5.65. The van der Waals surface area contributed by atoms with Gasteiger partial charge in [-0.2, -0.15) is 0 Å². The SMILES string of the molecule is CCCNC(=O)[C@H](C)N(Cc1cccc(C)c1)C(=O)CN(c1ccc(OC)c(Cl)c1)S(C)(=O)=O. The van der Waals surface area contributed by atoms with Crippen LogP contribution in [0.4, 0.5) is 5.69 Å². The van der Waals surface area contributed by atoms with E-state index in [-0.39, 0.29) is 23.2 Å². The van der Waals surface area contributed by atoms with Crippen LogP contribution in [0.25, 0.3) is 0 Å². The topological polar surface area (TPSA) is 96.0 Å². The van der Waals surface area contributed by atoms with Gasteiger partial charge in [-0.25, -0.2) is 8.42 Å². The Hall–Kier alpha value is -2.78. The highest BCUT2D eigenvalue weighted by Crippen LogP contribution is 2.30. The zero-order valence-corrected chi connectivity index (χ0v) is 21.7. The number of amides is 2. The molecule has 0 fully saturated rings. The summed E-state index contributed by atoms with van der Waals surface area (Å²) in [5.41, 5.74) is 2.07. The van der Waals surface area contributed by atoms with Crippen LogP contribution >= 0.6 is 11.6 Å². The number of halogens is 1. The van der Waals surface area contributed by atoms with Gasteiger partial charge in [-0.3, -0.25) is 13.9 Å². The molecule has 0 heterocycles. The number of benzene rings is 2. The third-order valence-electron chi connectivity index (χ3n) is 5.25. The van der Waals surface area contributed by atoms with E-state index in [0.29, 0.717) is 12.3 Å². The van der Waals surface area contributed by atoms with Crippen LogP contribution < -0.4 is 14.4 Å². The molecule has 0 unspecified atom stereocenters. The second-order valence-electron chi connectivity index (χ2n) is 8.07. The molecule has 0 aliphatic rings. The lowest BCUT2D eigenvalue weighted by Gasteiger charge is -2.31. The average Bonchev–Trinajstić information content (AvgIpc) is 2.78. The molecule has 2 amide bonds. The minimum Gasteiger partial charge on any atom is -0.495 e. The lowest BCUT2D eigenvalue weighted by Crippen LogP contribution is -2.51. The van der Waals surface area contributed by atoms with Gasteiger partial charge in [-0.15, -0.1) is 0 Å². The van der Waals surface area contributed by atoms with Crippen LogP contribution in [0.1, 0.15) is 31.4 Å². The number of hydrogen-bond acceptors (Lipinski definition) is 5. The van der Waals surface area contributed by atoms with E-state index in [1.165, 1.54) is 30.2 Å². The number of nitrogens with one attached hydrogen (secondary N) is 1. The number of ether oxygens (including phenoxy) is 1. The van der Waals surface area contributed by atoms with Crippen molar-refractivity contribution in [1.82, 2.24) is 10.2 Å². The zero-order chi connectivity index (χ0) is 25.5. The maximum absolute atomic E-state index is 13.5. The van der Waals surface area contributed by atoms with Gasteiger partial charge in [0.15, 0.2) is 0 Å². The summed E-state index contributed by atoms with van der Waals surface area (Å²) in [7, 11) is -2.39. The van der Waals surface area contributed by atoms with Gasteiger partial charge in [0.25, 0.3) is 0 Å². The van der Waals surface area contributed by atoms with Crippen molar-refractivity contribution in [2.75, 3.05) is 30.8 Å².